The number of unbranched alkanes of at least 4 members (excludes halogenated alkanes) is 3. The van der Waals surface area contributed by atoms with E-state index in [4.69, 9.17) is 5.11 Å². The van der Waals surface area contributed by atoms with Crippen LogP contribution in [0.25, 0.3) is 0 Å². The maximum absolute atomic E-state index is 10.9. The summed E-state index contributed by atoms with van der Waals surface area (Å²) in [4.78, 5) is 0. The second-order valence-corrected chi connectivity index (χ2v) is 13.5. The van der Waals surface area contributed by atoms with E-state index >= 15 is 0 Å². The Morgan fingerprint density at radius 1 is 1.08 bits per heavy atom. The summed E-state index contributed by atoms with van der Waals surface area (Å²) in [5.74, 6) is 1.90. The molecule has 0 aliphatic heterocycles. The summed E-state index contributed by atoms with van der Waals surface area (Å²) in [6, 6.07) is 0. The minimum absolute atomic E-state index is 0.141. The van der Waals surface area contributed by atoms with Crippen molar-refractivity contribution in [1.82, 2.24) is 0 Å². The molecule has 0 aromatic carbocycles. The van der Waals surface area contributed by atoms with Crippen molar-refractivity contribution in [3.8, 4) is 0 Å². The molecule has 3 rings (SSSR count). The van der Waals surface area contributed by atoms with E-state index < -0.39 is 17.8 Å². The number of fused-ring (bicyclic) bond motifs is 1. The smallest absolute Gasteiger partial charge is 0.0839 e. The van der Waals surface area contributed by atoms with E-state index in [1.54, 1.807) is 5.57 Å². The highest BCUT2D eigenvalue weighted by atomic mass is 16.3. The maximum Gasteiger partial charge on any atom is 0.0839 e. The first-order valence-electron chi connectivity index (χ1n) is 15.3. The SMILES string of the molecule is C=C1/C(=C\C=C2CCC[C@@]3(C)C2CC[C@@H]3[C@H](C)CCCC(C)(C)O)C[C@@H](O)[C@@H](CCCCCCO)[C@H]1O. The van der Waals surface area contributed by atoms with Gasteiger partial charge in [-0.05, 0) is 106 Å². The molecule has 0 radical (unpaired) electrons. The van der Waals surface area contributed by atoms with E-state index in [0.29, 0.717) is 23.7 Å². The number of hydrogen-bond acceptors (Lipinski definition) is 4. The molecule has 37 heavy (non-hydrogen) atoms. The summed E-state index contributed by atoms with van der Waals surface area (Å²) in [5, 5.41) is 40.9. The molecule has 0 bridgehead atoms. The fourth-order valence-electron chi connectivity index (χ4n) is 8.02. The van der Waals surface area contributed by atoms with Crippen molar-refractivity contribution < 1.29 is 20.4 Å². The number of aliphatic hydroxyl groups excluding tert-OH is 3. The zero-order chi connectivity index (χ0) is 27.2. The van der Waals surface area contributed by atoms with E-state index in [1.807, 2.05) is 13.8 Å². The summed E-state index contributed by atoms with van der Waals surface area (Å²) in [5.41, 5.74) is 3.12. The van der Waals surface area contributed by atoms with Crippen molar-refractivity contribution >= 4 is 0 Å². The van der Waals surface area contributed by atoms with Crippen LogP contribution in [0, 0.1) is 29.1 Å². The lowest BCUT2D eigenvalue weighted by molar-refractivity contribution is 0.0128. The Morgan fingerprint density at radius 2 is 1.81 bits per heavy atom. The number of allylic oxidation sites excluding steroid dienone is 3. The van der Waals surface area contributed by atoms with Crippen molar-refractivity contribution in [2.24, 2.45) is 29.1 Å². The van der Waals surface area contributed by atoms with Crippen LogP contribution >= 0.6 is 0 Å². The van der Waals surface area contributed by atoms with Crippen LogP contribution in [-0.2, 0) is 0 Å². The highest BCUT2D eigenvalue weighted by Crippen LogP contribution is 2.60. The molecule has 3 aliphatic carbocycles. The highest BCUT2D eigenvalue weighted by Gasteiger charge is 2.50. The zero-order valence-electron chi connectivity index (χ0n) is 24.2. The van der Waals surface area contributed by atoms with Crippen LogP contribution in [0.2, 0.25) is 0 Å². The van der Waals surface area contributed by atoms with E-state index in [0.717, 1.165) is 68.4 Å². The monoisotopic (exact) mass is 516 g/mol. The summed E-state index contributed by atoms with van der Waals surface area (Å²) in [6.45, 7) is 13.3. The Kier molecular flexibility index (Phi) is 11.1. The van der Waals surface area contributed by atoms with Crippen molar-refractivity contribution in [3.63, 3.8) is 0 Å². The summed E-state index contributed by atoms with van der Waals surface area (Å²) >= 11 is 0. The Labute approximate surface area is 227 Å². The molecule has 0 aromatic heterocycles. The van der Waals surface area contributed by atoms with E-state index in [-0.39, 0.29) is 12.5 Å². The van der Waals surface area contributed by atoms with Gasteiger partial charge in [-0.1, -0.05) is 70.3 Å². The number of hydrogen-bond donors (Lipinski definition) is 4. The van der Waals surface area contributed by atoms with Crippen LogP contribution in [0.1, 0.15) is 118 Å². The molecule has 0 heterocycles. The second kappa shape index (κ2) is 13.4. The minimum Gasteiger partial charge on any atom is -0.396 e. The molecule has 0 spiro atoms. The predicted molar refractivity (Wildman–Crippen MR) is 153 cm³/mol. The first-order valence-corrected chi connectivity index (χ1v) is 15.3. The molecular formula is C33H56O4. The minimum atomic E-state index is -0.677. The Bertz CT molecular complexity index is 806. The van der Waals surface area contributed by atoms with Gasteiger partial charge in [0.1, 0.15) is 0 Å². The molecular weight excluding hydrogens is 460 g/mol. The molecule has 7 atom stereocenters. The fraction of sp³-hybridized carbons (Fsp3) is 0.818. The third-order valence-electron chi connectivity index (χ3n) is 10.2. The van der Waals surface area contributed by atoms with E-state index in [9.17, 15) is 15.3 Å². The van der Waals surface area contributed by atoms with Gasteiger partial charge in [-0.15, -0.1) is 0 Å². The molecule has 0 amide bonds. The second-order valence-electron chi connectivity index (χ2n) is 13.5. The quantitative estimate of drug-likeness (QED) is 0.213. The average molecular weight is 517 g/mol. The fourth-order valence-corrected chi connectivity index (χ4v) is 8.02. The van der Waals surface area contributed by atoms with Crippen molar-refractivity contribution in [2.45, 2.75) is 135 Å². The molecule has 4 N–H and O–H groups in total. The molecule has 4 heteroatoms. The Hall–Kier alpha value is -0.940. The van der Waals surface area contributed by atoms with Crippen LogP contribution in [-0.4, -0.2) is 44.8 Å². The van der Waals surface area contributed by atoms with Crippen LogP contribution in [0.4, 0.5) is 0 Å². The van der Waals surface area contributed by atoms with Gasteiger partial charge in [-0.3, -0.25) is 0 Å². The van der Waals surface area contributed by atoms with Crippen molar-refractivity contribution in [2.75, 3.05) is 6.61 Å². The van der Waals surface area contributed by atoms with Crippen LogP contribution in [0.5, 0.6) is 0 Å². The summed E-state index contributed by atoms with van der Waals surface area (Å²) in [6.07, 6.45) is 17.9. The van der Waals surface area contributed by atoms with Gasteiger partial charge in [-0.25, -0.2) is 0 Å². The Balaban J connectivity index is 1.63. The molecule has 3 aliphatic rings. The van der Waals surface area contributed by atoms with Gasteiger partial charge in [0.25, 0.3) is 0 Å². The first kappa shape index (κ1) is 30.6. The maximum atomic E-state index is 10.9. The van der Waals surface area contributed by atoms with E-state index in [1.165, 1.54) is 32.1 Å². The Morgan fingerprint density at radius 3 is 2.51 bits per heavy atom. The van der Waals surface area contributed by atoms with Gasteiger partial charge in [0.2, 0.25) is 0 Å². The van der Waals surface area contributed by atoms with Crippen LogP contribution in [0.15, 0.2) is 35.5 Å². The molecule has 3 fully saturated rings. The van der Waals surface area contributed by atoms with E-state index in [2.05, 4.69) is 32.6 Å². The topological polar surface area (TPSA) is 80.9 Å². The van der Waals surface area contributed by atoms with Crippen molar-refractivity contribution in [1.29, 1.82) is 0 Å². The summed E-state index contributed by atoms with van der Waals surface area (Å²) < 4.78 is 0. The summed E-state index contributed by atoms with van der Waals surface area (Å²) in [7, 11) is 0. The normalized spacial score (nSPS) is 35.8. The molecule has 212 valence electrons. The molecule has 3 saturated carbocycles. The van der Waals surface area contributed by atoms with Crippen molar-refractivity contribution in [3.05, 3.63) is 35.5 Å². The third-order valence-corrected chi connectivity index (χ3v) is 10.2. The van der Waals surface area contributed by atoms with Gasteiger partial charge in [-0.2, -0.15) is 0 Å². The third kappa shape index (κ3) is 7.81. The van der Waals surface area contributed by atoms with Crippen LogP contribution < -0.4 is 0 Å². The number of rotatable bonds is 12. The van der Waals surface area contributed by atoms with Gasteiger partial charge >= 0.3 is 0 Å². The lowest BCUT2D eigenvalue weighted by Gasteiger charge is -2.44. The molecule has 0 aromatic rings. The number of aliphatic hydroxyl groups is 4. The first-order chi connectivity index (χ1) is 17.5. The largest absolute Gasteiger partial charge is 0.396 e. The lowest BCUT2D eigenvalue weighted by atomic mass is 9.60. The van der Waals surface area contributed by atoms with Crippen LogP contribution in [0.3, 0.4) is 0 Å². The lowest BCUT2D eigenvalue weighted by Crippen LogP contribution is -2.38. The molecule has 0 saturated heterocycles. The molecule has 4 nitrogen and oxygen atoms in total. The van der Waals surface area contributed by atoms with Gasteiger partial charge in [0, 0.05) is 12.5 Å². The van der Waals surface area contributed by atoms with Gasteiger partial charge in [0.05, 0.1) is 17.8 Å². The molecule has 1 unspecified atom stereocenters. The zero-order valence-corrected chi connectivity index (χ0v) is 24.2. The average Bonchev–Trinajstić information content (AvgIpc) is 3.19. The highest BCUT2D eigenvalue weighted by molar-refractivity contribution is 5.39. The van der Waals surface area contributed by atoms with Gasteiger partial charge in [0.15, 0.2) is 0 Å². The standard InChI is InChI=1S/C33H56O4/c1-23(12-10-19-32(3,4)37)28-17-18-29-25(13-11-20-33(28,29)5)15-16-26-22-30(35)27(31(36)24(26)2)14-8-6-7-9-21-34/h15-16,23,27-31,34-37H,2,6-14,17-22H2,1,3-5H3/b25-15?,26-16-/t23-,27-,28-,29?,30-,31+,33-/m1/s1. The predicted octanol–water partition coefficient (Wildman–Crippen LogP) is 6.87. The van der Waals surface area contributed by atoms with Gasteiger partial charge < -0.3 is 20.4 Å².